The molecular weight excluding hydrogens is 356 g/mol. The molecular formula is C17H20N4O4S. The van der Waals surface area contributed by atoms with Crippen molar-refractivity contribution in [2.45, 2.75) is 33.7 Å². The number of nitrogens with zero attached hydrogens (tertiary/aromatic N) is 3. The fourth-order valence-corrected chi connectivity index (χ4v) is 3.00. The first-order valence-corrected chi connectivity index (χ1v) is 8.79. The first-order valence-electron chi connectivity index (χ1n) is 7.97. The van der Waals surface area contributed by atoms with Gasteiger partial charge in [-0.15, -0.1) is 11.3 Å². The van der Waals surface area contributed by atoms with E-state index in [1.165, 1.54) is 34.4 Å². The highest BCUT2D eigenvalue weighted by molar-refractivity contribution is 7.15. The number of nitro benzene ring substituents is 1. The second kappa shape index (κ2) is 8.05. The van der Waals surface area contributed by atoms with Gasteiger partial charge in [0, 0.05) is 34.3 Å². The number of carbonyl (C=O) groups excluding carboxylic acids is 2. The largest absolute Gasteiger partial charge is 0.327 e. The number of nitrogens with one attached hydrogen (secondary N) is 1. The number of amides is 2. The Bertz CT molecular complexity index is 847. The van der Waals surface area contributed by atoms with Crippen LogP contribution in [-0.2, 0) is 4.79 Å². The Labute approximate surface area is 155 Å². The number of thiazole rings is 1. The Balaban J connectivity index is 2.18. The Morgan fingerprint density at radius 3 is 2.58 bits per heavy atom. The van der Waals surface area contributed by atoms with E-state index in [1.54, 1.807) is 27.0 Å². The van der Waals surface area contributed by atoms with Crippen LogP contribution in [0.25, 0.3) is 0 Å². The molecule has 1 aromatic carbocycles. The molecule has 0 bridgehead atoms. The fraction of sp³-hybridized carbons (Fsp3) is 0.353. The highest BCUT2D eigenvalue weighted by Gasteiger charge is 2.24. The van der Waals surface area contributed by atoms with Crippen molar-refractivity contribution in [2.24, 2.45) is 0 Å². The van der Waals surface area contributed by atoms with E-state index < -0.39 is 10.8 Å². The van der Waals surface area contributed by atoms with E-state index in [9.17, 15) is 19.7 Å². The number of benzene rings is 1. The van der Waals surface area contributed by atoms with Crippen LogP contribution in [0.1, 0.15) is 34.6 Å². The molecule has 26 heavy (non-hydrogen) atoms. The van der Waals surface area contributed by atoms with Crippen LogP contribution in [0.5, 0.6) is 0 Å². The van der Waals surface area contributed by atoms with Crippen molar-refractivity contribution in [1.29, 1.82) is 0 Å². The molecule has 2 amide bonds. The van der Waals surface area contributed by atoms with Crippen LogP contribution in [0, 0.1) is 24.0 Å². The number of aromatic nitrogens is 1. The number of anilines is 1. The van der Waals surface area contributed by atoms with Crippen LogP contribution in [0.15, 0.2) is 24.4 Å². The molecule has 0 aliphatic heterocycles. The quantitative estimate of drug-likeness (QED) is 0.616. The van der Waals surface area contributed by atoms with Gasteiger partial charge < -0.3 is 10.2 Å². The molecule has 1 aromatic heterocycles. The normalized spacial score (nSPS) is 10.7. The Hall–Kier alpha value is -2.81. The molecule has 8 nitrogen and oxygen atoms in total. The lowest BCUT2D eigenvalue weighted by Gasteiger charge is -2.26. The number of carbonyl (C=O) groups is 2. The van der Waals surface area contributed by atoms with Gasteiger partial charge in [-0.1, -0.05) is 6.07 Å². The predicted molar refractivity (Wildman–Crippen MR) is 99.5 cm³/mol. The zero-order valence-electron chi connectivity index (χ0n) is 15.0. The minimum absolute atomic E-state index is 0.123. The molecule has 0 unspecified atom stereocenters. The summed E-state index contributed by atoms with van der Waals surface area (Å²) >= 11 is 1.34. The smallest absolute Gasteiger partial charge is 0.273 e. The van der Waals surface area contributed by atoms with Gasteiger partial charge in [0.1, 0.15) is 6.54 Å². The number of rotatable bonds is 6. The fourth-order valence-electron chi connectivity index (χ4n) is 2.32. The zero-order valence-corrected chi connectivity index (χ0v) is 15.8. The SMILES string of the molecule is Cc1cnc(NC(=O)CN(C(=O)c2ccc(C)c([N+](=O)[O-])c2)C(C)C)s1. The summed E-state index contributed by atoms with van der Waals surface area (Å²) in [6.45, 7) is 6.87. The van der Waals surface area contributed by atoms with Crippen LogP contribution in [-0.4, -0.2) is 39.2 Å². The summed E-state index contributed by atoms with van der Waals surface area (Å²) in [5.41, 5.74) is 0.524. The highest BCUT2D eigenvalue weighted by atomic mass is 32.1. The summed E-state index contributed by atoms with van der Waals surface area (Å²) in [6.07, 6.45) is 1.65. The monoisotopic (exact) mass is 376 g/mol. The minimum Gasteiger partial charge on any atom is -0.327 e. The van der Waals surface area contributed by atoms with Gasteiger partial charge in [-0.3, -0.25) is 19.7 Å². The molecule has 138 valence electrons. The molecule has 0 spiro atoms. The van der Waals surface area contributed by atoms with E-state index in [2.05, 4.69) is 10.3 Å². The van der Waals surface area contributed by atoms with Gasteiger partial charge >= 0.3 is 0 Å². The Kier molecular flexibility index (Phi) is 6.04. The van der Waals surface area contributed by atoms with Crippen LogP contribution >= 0.6 is 11.3 Å². The van der Waals surface area contributed by atoms with E-state index in [0.717, 1.165) is 4.88 Å². The van der Waals surface area contributed by atoms with E-state index in [0.29, 0.717) is 10.7 Å². The maximum absolute atomic E-state index is 12.8. The first kappa shape index (κ1) is 19.5. The lowest BCUT2D eigenvalue weighted by atomic mass is 10.1. The van der Waals surface area contributed by atoms with E-state index >= 15 is 0 Å². The van der Waals surface area contributed by atoms with Crippen LogP contribution in [0.4, 0.5) is 10.8 Å². The van der Waals surface area contributed by atoms with Crippen molar-refractivity contribution in [3.8, 4) is 0 Å². The Morgan fingerprint density at radius 2 is 2.04 bits per heavy atom. The van der Waals surface area contributed by atoms with Gasteiger partial charge in [-0.05, 0) is 33.8 Å². The Morgan fingerprint density at radius 1 is 1.35 bits per heavy atom. The average molecular weight is 376 g/mol. The molecule has 0 aliphatic rings. The summed E-state index contributed by atoms with van der Waals surface area (Å²) in [4.78, 5) is 42.0. The lowest BCUT2D eigenvalue weighted by molar-refractivity contribution is -0.385. The minimum atomic E-state index is -0.524. The summed E-state index contributed by atoms with van der Waals surface area (Å²) in [6, 6.07) is 4.05. The van der Waals surface area contributed by atoms with Crippen molar-refractivity contribution >= 4 is 34.0 Å². The van der Waals surface area contributed by atoms with Gasteiger partial charge in [0.25, 0.3) is 11.6 Å². The molecule has 0 saturated heterocycles. The molecule has 2 aromatic rings. The van der Waals surface area contributed by atoms with Crippen molar-refractivity contribution < 1.29 is 14.5 Å². The third-order valence-corrected chi connectivity index (χ3v) is 4.55. The second-order valence-corrected chi connectivity index (χ2v) is 7.34. The molecule has 1 heterocycles. The molecule has 0 fully saturated rings. The first-order chi connectivity index (χ1) is 12.2. The zero-order chi connectivity index (χ0) is 19.4. The van der Waals surface area contributed by atoms with Gasteiger partial charge in [0.15, 0.2) is 5.13 Å². The third-order valence-electron chi connectivity index (χ3n) is 3.72. The number of hydrogen-bond donors (Lipinski definition) is 1. The van der Waals surface area contributed by atoms with Crippen LogP contribution < -0.4 is 5.32 Å². The summed E-state index contributed by atoms with van der Waals surface area (Å²) in [5, 5.41) is 14.2. The summed E-state index contributed by atoms with van der Waals surface area (Å²) < 4.78 is 0. The van der Waals surface area contributed by atoms with Crippen LogP contribution in [0.2, 0.25) is 0 Å². The highest BCUT2D eigenvalue weighted by Crippen LogP contribution is 2.21. The molecule has 1 N–H and O–H groups in total. The molecule has 0 saturated carbocycles. The van der Waals surface area contributed by atoms with Crippen molar-refractivity contribution in [1.82, 2.24) is 9.88 Å². The topological polar surface area (TPSA) is 105 Å². The van der Waals surface area contributed by atoms with Gasteiger partial charge in [-0.25, -0.2) is 4.98 Å². The maximum atomic E-state index is 12.8. The van der Waals surface area contributed by atoms with Gasteiger partial charge in [-0.2, -0.15) is 0 Å². The van der Waals surface area contributed by atoms with Crippen molar-refractivity contribution in [3.63, 3.8) is 0 Å². The molecule has 9 heteroatoms. The molecule has 0 radical (unpaired) electrons. The summed E-state index contributed by atoms with van der Waals surface area (Å²) in [5.74, 6) is -0.809. The van der Waals surface area contributed by atoms with E-state index in [4.69, 9.17) is 0 Å². The molecule has 0 aliphatic carbocycles. The van der Waals surface area contributed by atoms with Crippen LogP contribution in [0.3, 0.4) is 0 Å². The molecule has 2 rings (SSSR count). The standard InChI is InChI=1S/C17H20N4O4S/c1-10(2)20(9-15(22)19-17-18-8-12(4)26-17)16(23)13-6-5-11(3)14(7-13)21(24)25/h5-8,10H,9H2,1-4H3,(H,18,19,22). The van der Waals surface area contributed by atoms with Gasteiger partial charge in [0.2, 0.25) is 5.91 Å². The van der Waals surface area contributed by atoms with Crippen molar-refractivity contribution in [2.75, 3.05) is 11.9 Å². The van der Waals surface area contributed by atoms with Gasteiger partial charge in [0.05, 0.1) is 4.92 Å². The third kappa shape index (κ3) is 4.63. The van der Waals surface area contributed by atoms with E-state index in [1.807, 2.05) is 6.92 Å². The number of nitro groups is 1. The number of hydrogen-bond acceptors (Lipinski definition) is 6. The lowest BCUT2D eigenvalue weighted by Crippen LogP contribution is -2.42. The maximum Gasteiger partial charge on any atom is 0.273 e. The molecule has 0 atom stereocenters. The number of aryl methyl sites for hydroxylation is 2. The summed E-state index contributed by atoms with van der Waals surface area (Å²) in [7, 11) is 0. The predicted octanol–water partition coefficient (Wildman–Crippen LogP) is 3.16. The van der Waals surface area contributed by atoms with E-state index in [-0.39, 0.29) is 29.7 Å². The second-order valence-electron chi connectivity index (χ2n) is 6.11. The van der Waals surface area contributed by atoms with Crippen molar-refractivity contribution in [3.05, 3.63) is 50.5 Å². The average Bonchev–Trinajstić information content (AvgIpc) is 2.96.